The molecule has 0 spiro atoms. The highest BCUT2D eigenvalue weighted by atomic mass is 35.5. The van der Waals surface area contributed by atoms with Crippen LogP contribution in [0.5, 0.6) is 0 Å². The summed E-state index contributed by atoms with van der Waals surface area (Å²) in [5.41, 5.74) is 1.05. The summed E-state index contributed by atoms with van der Waals surface area (Å²) in [6.45, 7) is 1.24. The van der Waals surface area contributed by atoms with Crippen molar-refractivity contribution >= 4 is 29.1 Å². The smallest absolute Gasteiger partial charge is 0.276 e. The molecule has 2 aromatic heterocycles. The minimum absolute atomic E-state index is 0.223. The Kier molecular flexibility index (Phi) is 4.72. The van der Waals surface area contributed by atoms with E-state index < -0.39 is 0 Å². The standard InChI is InChI=1S/C18H14Cl2N2O4/c19-12-6-11(7-13(20)8-12)17-10-22(3-5-25-17)18(23)14-9-16(26-21-14)15-2-1-4-24-15/h1-2,4,6-9,17H,3,5,10H2. The minimum Gasteiger partial charge on any atom is -0.461 e. The summed E-state index contributed by atoms with van der Waals surface area (Å²) in [5, 5.41) is 4.92. The van der Waals surface area contributed by atoms with Crippen LogP contribution in [0.2, 0.25) is 10.0 Å². The van der Waals surface area contributed by atoms with Crippen LogP contribution in [-0.2, 0) is 4.74 Å². The SMILES string of the molecule is O=C(c1cc(-c2ccco2)on1)N1CCOC(c2cc(Cl)cc(Cl)c2)C1. The molecule has 134 valence electrons. The van der Waals surface area contributed by atoms with Crippen LogP contribution in [-0.4, -0.2) is 35.7 Å². The predicted octanol–water partition coefficient (Wildman–Crippen LogP) is 4.46. The van der Waals surface area contributed by atoms with E-state index in [0.717, 1.165) is 5.56 Å². The fourth-order valence-corrected chi connectivity index (χ4v) is 3.41. The van der Waals surface area contributed by atoms with Crippen LogP contribution < -0.4 is 0 Å². The van der Waals surface area contributed by atoms with Gasteiger partial charge in [-0.1, -0.05) is 28.4 Å². The second-order valence-corrected chi connectivity index (χ2v) is 6.74. The summed E-state index contributed by atoms with van der Waals surface area (Å²) in [5.74, 6) is 0.697. The average Bonchev–Trinajstić information content (AvgIpc) is 3.32. The monoisotopic (exact) mass is 392 g/mol. The van der Waals surface area contributed by atoms with Gasteiger partial charge in [0.15, 0.2) is 11.5 Å². The van der Waals surface area contributed by atoms with E-state index in [1.165, 1.54) is 6.26 Å². The number of morpholine rings is 1. The predicted molar refractivity (Wildman–Crippen MR) is 95.3 cm³/mol. The summed E-state index contributed by atoms with van der Waals surface area (Å²) in [6, 6.07) is 10.3. The van der Waals surface area contributed by atoms with Gasteiger partial charge >= 0.3 is 0 Å². The molecule has 1 unspecified atom stereocenters. The lowest BCUT2D eigenvalue weighted by Gasteiger charge is -2.32. The molecule has 0 saturated carbocycles. The quantitative estimate of drug-likeness (QED) is 0.658. The molecule has 6 nitrogen and oxygen atoms in total. The molecule has 1 saturated heterocycles. The zero-order valence-electron chi connectivity index (χ0n) is 13.5. The molecule has 0 bridgehead atoms. The van der Waals surface area contributed by atoms with Crippen LogP contribution in [0.1, 0.15) is 22.2 Å². The Hall–Kier alpha value is -2.28. The zero-order valence-corrected chi connectivity index (χ0v) is 15.0. The number of furan rings is 1. The normalized spacial score (nSPS) is 17.5. The Morgan fingerprint density at radius 3 is 2.69 bits per heavy atom. The molecular weight excluding hydrogens is 379 g/mol. The van der Waals surface area contributed by atoms with Crippen molar-refractivity contribution in [2.75, 3.05) is 19.7 Å². The molecule has 1 aromatic carbocycles. The Labute approximate surface area is 159 Å². The summed E-state index contributed by atoms with van der Waals surface area (Å²) < 4.78 is 16.2. The molecule has 0 aliphatic carbocycles. The van der Waals surface area contributed by atoms with E-state index in [2.05, 4.69) is 5.16 Å². The van der Waals surface area contributed by atoms with Gasteiger partial charge in [-0.25, -0.2) is 0 Å². The van der Waals surface area contributed by atoms with Gasteiger partial charge in [-0.2, -0.15) is 0 Å². The molecule has 1 aliphatic rings. The zero-order chi connectivity index (χ0) is 18.1. The van der Waals surface area contributed by atoms with Crippen molar-refractivity contribution in [1.82, 2.24) is 10.1 Å². The average molecular weight is 393 g/mol. The molecule has 3 aromatic rings. The minimum atomic E-state index is -0.305. The lowest BCUT2D eigenvalue weighted by Crippen LogP contribution is -2.42. The molecule has 4 rings (SSSR count). The fourth-order valence-electron chi connectivity index (χ4n) is 2.87. The molecule has 0 radical (unpaired) electrons. The van der Waals surface area contributed by atoms with Crippen molar-refractivity contribution in [3.8, 4) is 11.5 Å². The van der Waals surface area contributed by atoms with E-state index in [1.54, 1.807) is 41.3 Å². The molecule has 1 aliphatic heterocycles. The van der Waals surface area contributed by atoms with Gasteiger partial charge in [-0.15, -0.1) is 0 Å². The molecule has 26 heavy (non-hydrogen) atoms. The highest BCUT2D eigenvalue weighted by Crippen LogP contribution is 2.29. The first-order valence-electron chi connectivity index (χ1n) is 7.97. The number of nitrogens with zero attached hydrogens (tertiary/aromatic N) is 2. The van der Waals surface area contributed by atoms with Gasteiger partial charge in [0.1, 0.15) is 6.10 Å². The van der Waals surface area contributed by atoms with Crippen LogP contribution in [0.4, 0.5) is 0 Å². The third kappa shape index (κ3) is 3.49. The topological polar surface area (TPSA) is 68.7 Å². The van der Waals surface area contributed by atoms with Crippen molar-refractivity contribution in [2.24, 2.45) is 0 Å². The van der Waals surface area contributed by atoms with E-state index in [0.29, 0.717) is 41.3 Å². The number of carbonyl (C=O) groups excluding carboxylic acids is 1. The number of carbonyl (C=O) groups is 1. The van der Waals surface area contributed by atoms with E-state index >= 15 is 0 Å². The molecular formula is C18H14Cl2N2O4. The van der Waals surface area contributed by atoms with Crippen LogP contribution in [0.25, 0.3) is 11.5 Å². The van der Waals surface area contributed by atoms with Gasteiger partial charge < -0.3 is 18.6 Å². The van der Waals surface area contributed by atoms with E-state index in [1.807, 2.05) is 0 Å². The van der Waals surface area contributed by atoms with Crippen molar-refractivity contribution in [3.63, 3.8) is 0 Å². The summed E-state index contributed by atoms with van der Waals surface area (Å²) in [6.07, 6.45) is 1.22. The van der Waals surface area contributed by atoms with Crippen LogP contribution >= 0.6 is 23.2 Å². The van der Waals surface area contributed by atoms with Crippen molar-refractivity contribution in [2.45, 2.75) is 6.10 Å². The number of ether oxygens (including phenoxy) is 1. The highest BCUT2D eigenvalue weighted by molar-refractivity contribution is 6.34. The Balaban J connectivity index is 1.51. The maximum atomic E-state index is 12.8. The third-order valence-electron chi connectivity index (χ3n) is 4.10. The number of halogens is 2. The van der Waals surface area contributed by atoms with E-state index in [4.69, 9.17) is 36.9 Å². The largest absolute Gasteiger partial charge is 0.461 e. The molecule has 1 amide bonds. The first-order valence-corrected chi connectivity index (χ1v) is 8.73. The Bertz CT molecular complexity index is 903. The summed E-state index contributed by atoms with van der Waals surface area (Å²) in [7, 11) is 0. The summed E-state index contributed by atoms with van der Waals surface area (Å²) in [4.78, 5) is 14.4. The van der Waals surface area contributed by atoms with Gasteiger partial charge in [0.2, 0.25) is 5.76 Å². The van der Waals surface area contributed by atoms with Gasteiger partial charge in [0.05, 0.1) is 19.4 Å². The number of aromatic nitrogens is 1. The van der Waals surface area contributed by atoms with E-state index in [9.17, 15) is 4.79 Å². The van der Waals surface area contributed by atoms with Crippen LogP contribution in [0.3, 0.4) is 0 Å². The maximum absolute atomic E-state index is 12.8. The number of rotatable bonds is 3. The fraction of sp³-hybridized carbons (Fsp3) is 0.222. The molecule has 1 atom stereocenters. The first-order chi connectivity index (χ1) is 12.6. The first kappa shape index (κ1) is 17.1. The lowest BCUT2D eigenvalue weighted by atomic mass is 10.1. The number of hydrogen-bond acceptors (Lipinski definition) is 5. The van der Waals surface area contributed by atoms with E-state index in [-0.39, 0.29) is 17.7 Å². The van der Waals surface area contributed by atoms with Gasteiger partial charge in [0, 0.05) is 22.7 Å². The number of hydrogen-bond donors (Lipinski definition) is 0. The second kappa shape index (κ2) is 7.15. The number of amides is 1. The molecule has 1 fully saturated rings. The van der Waals surface area contributed by atoms with Gasteiger partial charge in [-0.05, 0) is 35.9 Å². The highest BCUT2D eigenvalue weighted by Gasteiger charge is 2.28. The maximum Gasteiger partial charge on any atom is 0.276 e. The van der Waals surface area contributed by atoms with Crippen LogP contribution in [0.15, 0.2) is 51.6 Å². The van der Waals surface area contributed by atoms with Crippen molar-refractivity contribution in [1.29, 1.82) is 0 Å². The lowest BCUT2D eigenvalue weighted by molar-refractivity contribution is -0.0231. The second-order valence-electron chi connectivity index (χ2n) is 5.87. The Morgan fingerprint density at radius 2 is 1.96 bits per heavy atom. The van der Waals surface area contributed by atoms with Gasteiger partial charge in [-0.3, -0.25) is 4.79 Å². The number of benzene rings is 1. The Morgan fingerprint density at radius 1 is 1.15 bits per heavy atom. The third-order valence-corrected chi connectivity index (χ3v) is 4.54. The summed E-state index contributed by atoms with van der Waals surface area (Å²) >= 11 is 12.1. The van der Waals surface area contributed by atoms with Crippen molar-refractivity contribution < 1.29 is 18.5 Å². The molecule has 0 N–H and O–H groups in total. The van der Waals surface area contributed by atoms with Crippen LogP contribution in [0, 0.1) is 0 Å². The van der Waals surface area contributed by atoms with Gasteiger partial charge in [0.25, 0.3) is 5.91 Å². The van der Waals surface area contributed by atoms with Crippen molar-refractivity contribution in [3.05, 3.63) is 64.0 Å². The molecule has 3 heterocycles. The molecule has 8 heteroatoms.